The molecule has 0 aromatic heterocycles. The molecule has 0 N–H and O–H groups in total. The first-order valence-electron chi connectivity index (χ1n) is 3.72. The van der Waals surface area contributed by atoms with Crippen LogP contribution in [0.3, 0.4) is 0 Å². The van der Waals surface area contributed by atoms with Crippen LogP contribution in [-0.2, 0) is 11.2 Å². The van der Waals surface area contributed by atoms with Gasteiger partial charge in [0.15, 0.2) is 11.6 Å². The van der Waals surface area contributed by atoms with Gasteiger partial charge >= 0.3 is 0 Å². The molecular formula is C9H7F3O. The Hall–Kier alpha value is -1.32. The van der Waals surface area contributed by atoms with Crippen LogP contribution >= 0.6 is 0 Å². The minimum absolute atomic E-state index is 0.0194. The number of hydrogen-bond acceptors (Lipinski definition) is 1. The molecule has 0 bridgehead atoms. The predicted molar refractivity (Wildman–Crippen MR) is 40.7 cm³/mol. The van der Waals surface area contributed by atoms with Crippen LogP contribution in [0, 0.1) is 17.5 Å². The van der Waals surface area contributed by atoms with Crippen molar-refractivity contribution in [1.29, 1.82) is 0 Å². The molecule has 0 aliphatic heterocycles. The Labute approximate surface area is 73.2 Å². The van der Waals surface area contributed by atoms with Gasteiger partial charge in [-0.2, -0.15) is 0 Å². The van der Waals surface area contributed by atoms with Crippen molar-refractivity contribution >= 4 is 6.29 Å². The molecule has 0 fully saturated rings. The largest absolute Gasteiger partial charge is 0.303 e. The molecule has 1 aromatic rings. The molecule has 0 radical (unpaired) electrons. The molecule has 0 spiro atoms. The number of benzene rings is 1. The second-order valence-electron chi connectivity index (χ2n) is 2.56. The monoisotopic (exact) mass is 188 g/mol. The Bertz CT molecular complexity index is 323. The molecule has 0 saturated heterocycles. The minimum atomic E-state index is -1.22. The fourth-order valence-corrected chi connectivity index (χ4v) is 0.970. The SMILES string of the molecule is O=CCCc1cc(F)c(F)cc1F. The molecule has 0 amide bonds. The van der Waals surface area contributed by atoms with E-state index in [9.17, 15) is 18.0 Å². The van der Waals surface area contributed by atoms with Crippen LogP contribution in [0.1, 0.15) is 12.0 Å². The van der Waals surface area contributed by atoms with Gasteiger partial charge in [0, 0.05) is 12.5 Å². The van der Waals surface area contributed by atoms with Gasteiger partial charge in [0.25, 0.3) is 0 Å². The Morgan fingerprint density at radius 2 is 1.69 bits per heavy atom. The van der Waals surface area contributed by atoms with Crippen LogP contribution in [0.25, 0.3) is 0 Å². The zero-order chi connectivity index (χ0) is 9.84. The number of carbonyl (C=O) groups is 1. The normalized spacial score (nSPS) is 10.1. The van der Waals surface area contributed by atoms with Crippen molar-refractivity contribution in [2.75, 3.05) is 0 Å². The first-order valence-corrected chi connectivity index (χ1v) is 3.72. The van der Waals surface area contributed by atoms with E-state index in [1.54, 1.807) is 0 Å². The molecule has 1 rings (SSSR count). The lowest BCUT2D eigenvalue weighted by Crippen LogP contribution is -1.95. The van der Waals surface area contributed by atoms with Gasteiger partial charge in [0.1, 0.15) is 12.1 Å². The number of aryl methyl sites for hydroxylation is 1. The van der Waals surface area contributed by atoms with Crippen molar-refractivity contribution in [3.8, 4) is 0 Å². The molecule has 1 nitrogen and oxygen atoms in total. The van der Waals surface area contributed by atoms with E-state index in [2.05, 4.69) is 0 Å². The molecular weight excluding hydrogens is 181 g/mol. The summed E-state index contributed by atoms with van der Waals surface area (Å²) in [5.74, 6) is -3.13. The predicted octanol–water partition coefficient (Wildman–Crippen LogP) is 2.24. The van der Waals surface area contributed by atoms with Crippen LogP contribution < -0.4 is 0 Å². The van der Waals surface area contributed by atoms with Crippen LogP contribution in [0.2, 0.25) is 0 Å². The quantitative estimate of drug-likeness (QED) is 0.525. The summed E-state index contributed by atoms with van der Waals surface area (Å²) in [6.07, 6.45) is 0.787. The highest BCUT2D eigenvalue weighted by Gasteiger charge is 2.08. The highest BCUT2D eigenvalue weighted by atomic mass is 19.2. The van der Waals surface area contributed by atoms with Gasteiger partial charge in [-0.15, -0.1) is 0 Å². The topological polar surface area (TPSA) is 17.1 Å². The Balaban J connectivity index is 2.94. The van der Waals surface area contributed by atoms with Crippen LogP contribution in [-0.4, -0.2) is 6.29 Å². The summed E-state index contributed by atoms with van der Waals surface area (Å²) in [7, 11) is 0. The second kappa shape index (κ2) is 4.07. The zero-order valence-electron chi connectivity index (χ0n) is 6.69. The summed E-state index contributed by atoms with van der Waals surface area (Å²) in [5.41, 5.74) is 0.0194. The first-order chi connectivity index (χ1) is 6.15. The van der Waals surface area contributed by atoms with Gasteiger partial charge in [0.05, 0.1) is 0 Å². The minimum Gasteiger partial charge on any atom is -0.303 e. The summed E-state index contributed by atoms with van der Waals surface area (Å²) >= 11 is 0. The molecule has 0 unspecified atom stereocenters. The van der Waals surface area contributed by atoms with E-state index in [4.69, 9.17) is 0 Å². The number of hydrogen-bond donors (Lipinski definition) is 0. The van der Waals surface area contributed by atoms with Crippen molar-refractivity contribution in [3.63, 3.8) is 0 Å². The number of carbonyl (C=O) groups excluding carboxylic acids is 1. The maximum Gasteiger partial charge on any atom is 0.161 e. The molecule has 4 heteroatoms. The first kappa shape index (κ1) is 9.77. The summed E-state index contributed by atoms with van der Waals surface area (Å²) < 4.78 is 37.8. The molecule has 70 valence electrons. The van der Waals surface area contributed by atoms with Crippen LogP contribution in [0.4, 0.5) is 13.2 Å². The van der Waals surface area contributed by atoms with Gasteiger partial charge < -0.3 is 4.79 Å². The van der Waals surface area contributed by atoms with Crippen molar-refractivity contribution in [3.05, 3.63) is 35.1 Å². The summed E-state index contributed by atoms with van der Waals surface area (Å²) in [4.78, 5) is 9.95. The summed E-state index contributed by atoms with van der Waals surface area (Å²) in [6, 6.07) is 1.25. The van der Waals surface area contributed by atoms with Crippen molar-refractivity contribution < 1.29 is 18.0 Å². The van der Waals surface area contributed by atoms with Gasteiger partial charge in [-0.1, -0.05) is 0 Å². The van der Waals surface area contributed by atoms with E-state index < -0.39 is 17.5 Å². The average molecular weight is 188 g/mol. The number of rotatable bonds is 3. The Kier molecular flexibility index (Phi) is 3.06. The lowest BCUT2D eigenvalue weighted by Gasteiger charge is -2.00. The van der Waals surface area contributed by atoms with Gasteiger partial charge in [-0.3, -0.25) is 0 Å². The summed E-state index contributed by atoms with van der Waals surface area (Å²) in [6.45, 7) is 0. The molecule has 13 heavy (non-hydrogen) atoms. The third-order valence-corrected chi connectivity index (χ3v) is 1.62. The van der Waals surface area contributed by atoms with Gasteiger partial charge in [-0.25, -0.2) is 13.2 Å². The third-order valence-electron chi connectivity index (χ3n) is 1.62. The maximum atomic E-state index is 12.8. The van der Waals surface area contributed by atoms with E-state index in [1.165, 1.54) is 0 Å². The second-order valence-corrected chi connectivity index (χ2v) is 2.56. The van der Waals surface area contributed by atoms with E-state index in [0.717, 1.165) is 6.07 Å². The van der Waals surface area contributed by atoms with E-state index in [1.807, 2.05) is 0 Å². The standard InChI is InChI=1S/C9H7F3O/c10-7-5-9(12)8(11)4-6(7)2-1-3-13/h3-5H,1-2H2. The smallest absolute Gasteiger partial charge is 0.161 e. The molecule has 0 heterocycles. The van der Waals surface area contributed by atoms with Crippen LogP contribution in [0.15, 0.2) is 12.1 Å². The summed E-state index contributed by atoms with van der Waals surface area (Å²) in [5, 5.41) is 0. The maximum absolute atomic E-state index is 12.8. The highest BCUT2D eigenvalue weighted by molar-refractivity contribution is 5.50. The number of aldehydes is 1. The molecule has 1 aromatic carbocycles. The fraction of sp³-hybridized carbons (Fsp3) is 0.222. The van der Waals surface area contributed by atoms with Crippen molar-refractivity contribution in [2.45, 2.75) is 12.8 Å². The van der Waals surface area contributed by atoms with Crippen LogP contribution in [0.5, 0.6) is 0 Å². The van der Waals surface area contributed by atoms with E-state index >= 15 is 0 Å². The fourth-order valence-electron chi connectivity index (χ4n) is 0.970. The van der Waals surface area contributed by atoms with E-state index in [-0.39, 0.29) is 18.4 Å². The molecule has 0 atom stereocenters. The van der Waals surface area contributed by atoms with E-state index in [0.29, 0.717) is 12.4 Å². The van der Waals surface area contributed by atoms with Crippen molar-refractivity contribution in [1.82, 2.24) is 0 Å². The van der Waals surface area contributed by atoms with Crippen molar-refractivity contribution in [2.24, 2.45) is 0 Å². The third kappa shape index (κ3) is 2.31. The molecule has 0 saturated carbocycles. The molecule has 0 aliphatic rings. The van der Waals surface area contributed by atoms with Gasteiger partial charge in [0.2, 0.25) is 0 Å². The highest BCUT2D eigenvalue weighted by Crippen LogP contribution is 2.14. The number of halogens is 3. The Morgan fingerprint density at radius 3 is 2.31 bits per heavy atom. The lowest BCUT2D eigenvalue weighted by molar-refractivity contribution is -0.107. The Morgan fingerprint density at radius 1 is 1.08 bits per heavy atom. The molecule has 0 aliphatic carbocycles. The zero-order valence-corrected chi connectivity index (χ0v) is 6.69. The van der Waals surface area contributed by atoms with Gasteiger partial charge in [-0.05, 0) is 18.1 Å². The lowest BCUT2D eigenvalue weighted by atomic mass is 10.1. The average Bonchev–Trinajstić information content (AvgIpc) is 2.09.